The van der Waals surface area contributed by atoms with Gasteiger partial charge in [-0.2, -0.15) is 0 Å². The van der Waals surface area contributed by atoms with Crippen LogP contribution in [0.25, 0.3) is 0 Å². The van der Waals surface area contributed by atoms with Crippen molar-refractivity contribution < 1.29 is 14.1 Å². The van der Waals surface area contributed by atoms with Crippen LogP contribution in [0.15, 0.2) is 34.9 Å². The molecule has 0 aliphatic rings. The molecule has 0 aliphatic heterocycles. The van der Waals surface area contributed by atoms with Crippen molar-refractivity contribution in [3.8, 4) is 0 Å². The zero-order valence-electron chi connectivity index (χ0n) is 13.6. The Morgan fingerprint density at radius 1 is 1.22 bits per heavy atom. The average molecular weight is 315 g/mol. The Morgan fingerprint density at radius 2 is 1.91 bits per heavy atom. The van der Waals surface area contributed by atoms with E-state index in [0.29, 0.717) is 24.7 Å². The predicted molar refractivity (Wildman–Crippen MR) is 86.8 cm³/mol. The molecule has 23 heavy (non-hydrogen) atoms. The van der Waals surface area contributed by atoms with Gasteiger partial charge in [0.15, 0.2) is 5.82 Å². The van der Waals surface area contributed by atoms with Crippen LogP contribution in [0.3, 0.4) is 0 Å². The zero-order valence-corrected chi connectivity index (χ0v) is 13.6. The first-order valence-electron chi connectivity index (χ1n) is 7.48. The first-order valence-corrected chi connectivity index (χ1v) is 7.48. The van der Waals surface area contributed by atoms with Crippen molar-refractivity contribution in [2.45, 2.75) is 33.7 Å². The number of rotatable bonds is 6. The summed E-state index contributed by atoms with van der Waals surface area (Å²) in [5.41, 5.74) is 2.21. The third kappa shape index (κ3) is 5.25. The van der Waals surface area contributed by atoms with Gasteiger partial charge in [-0.1, -0.05) is 35.0 Å². The molecule has 1 aromatic carbocycles. The molecule has 6 nitrogen and oxygen atoms in total. The van der Waals surface area contributed by atoms with Gasteiger partial charge in [0, 0.05) is 32.5 Å². The van der Waals surface area contributed by atoms with E-state index in [1.807, 2.05) is 31.2 Å². The number of amides is 2. The lowest BCUT2D eigenvalue weighted by molar-refractivity contribution is -0.129. The van der Waals surface area contributed by atoms with Gasteiger partial charge in [-0.05, 0) is 19.4 Å². The van der Waals surface area contributed by atoms with Crippen molar-refractivity contribution in [2.75, 3.05) is 11.9 Å². The van der Waals surface area contributed by atoms with E-state index in [2.05, 4.69) is 10.5 Å². The fraction of sp³-hybridized carbons (Fsp3) is 0.353. The van der Waals surface area contributed by atoms with Crippen LogP contribution < -0.4 is 5.32 Å². The summed E-state index contributed by atoms with van der Waals surface area (Å²) in [5.74, 6) is 0.759. The standard InChI is InChI=1S/C17H21N3O3/c1-12-4-6-15(7-5-12)11-20(14(3)21)9-8-17(22)18-16-10-13(2)23-19-16/h4-7,10H,8-9,11H2,1-3H3,(H,18,19,22). The van der Waals surface area contributed by atoms with Gasteiger partial charge >= 0.3 is 0 Å². The fourth-order valence-corrected chi connectivity index (χ4v) is 2.13. The molecule has 1 aromatic heterocycles. The van der Waals surface area contributed by atoms with Gasteiger partial charge in [0.05, 0.1) is 0 Å². The van der Waals surface area contributed by atoms with Crippen LogP contribution in [-0.4, -0.2) is 28.4 Å². The zero-order chi connectivity index (χ0) is 16.8. The second-order valence-electron chi connectivity index (χ2n) is 5.55. The molecule has 2 aromatic rings. The van der Waals surface area contributed by atoms with Gasteiger partial charge in [0.1, 0.15) is 5.76 Å². The molecule has 6 heteroatoms. The second kappa shape index (κ2) is 7.58. The molecular formula is C17H21N3O3. The number of anilines is 1. The smallest absolute Gasteiger partial charge is 0.227 e. The van der Waals surface area contributed by atoms with Crippen LogP contribution >= 0.6 is 0 Å². The Labute approximate surface area is 135 Å². The normalized spacial score (nSPS) is 10.4. The minimum atomic E-state index is -0.201. The third-order valence-corrected chi connectivity index (χ3v) is 3.44. The molecule has 0 atom stereocenters. The summed E-state index contributed by atoms with van der Waals surface area (Å²) in [7, 11) is 0. The molecule has 0 spiro atoms. The largest absolute Gasteiger partial charge is 0.360 e. The Morgan fingerprint density at radius 3 is 2.48 bits per heavy atom. The predicted octanol–water partition coefficient (Wildman–Crippen LogP) is 2.67. The van der Waals surface area contributed by atoms with E-state index in [1.165, 1.54) is 12.5 Å². The number of nitrogens with one attached hydrogen (secondary N) is 1. The lowest BCUT2D eigenvalue weighted by Gasteiger charge is -2.21. The SMILES string of the molecule is CC(=O)N(CCC(=O)Nc1cc(C)on1)Cc1ccc(C)cc1. The number of benzene rings is 1. The molecule has 1 heterocycles. The lowest BCUT2D eigenvalue weighted by Crippen LogP contribution is -2.31. The van der Waals surface area contributed by atoms with Crippen molar-refractivity contribution in [3.05, 3.63) is 47.2 Å². The van der Waals surface area contributed by atoms with Crippen molar-refractivity contribution in [2.24, 2.45) is 0 Å². The molecule has 0 unspecified atom stereocenters. The molecule has 2 amide bonds. The molecule has 2 rings (SSSR count). The highest BCUT2D eigenvalue weighted by atomic mass is 16.5. The van der Waals surface area contributed by atoms with Crippen molar-refractivity contribution in [1.29, 1.82) is 0 Å². The molecule has 0 radical (unpaired) electrons. The van der Waals surface area contributed by atoms with Crippen molar-refractivity contribution in [3.63, 3.8) is 0 Å². The number of carbonyl (C=O) groups excluding carboxylic acids is 2. The minimum Gasteiger partial charge on any atom is -0.360 e. The summed E-state index contributed by atoms with van der Waals surface area (Å²) in [6, 6.07) is 9.64. The number of carbonyl (C=O) groups is 2. The highest BCUT2D eigenvalue weighted by Gasteiger charge is 2.13. The van der Waals surface area contributed by atoms with Crippen molar-refractivity contribution >= 4 is 17.6 Å². The maximum Gasteiger partial charge on any atom is 0.227 e. The highest BCUT2D eigenvalue weighted by Crippen LogP contribution is 2.10. The van der Waals surface area contributed by atoms with E-state index in [0.717, 1.165) is 5.56 Å². The number of hydrogen-bond donors (Lipinski definition) is 1. The third-order valence-electron chi connectivity index (χ3n) is 3.44. The number of aryl methyl sites for hydroxylation is 2. The van der Waals surface area contributed by atoms with Crippen LogP contribution in [0.1, 0.15) is 30.2 Å². The van der Waals surface area contributed by atoms with Gasteiger partial charge in [0.2, 0.25) is 11.8 Å². The van der Waals surface area contributed by atoms with Gasteiger partial charge in [-0.3, -0.25) is 9.59 Å². The number of aromatic nitrogens is 1. The summed E-state index contributed by atoms with van der Waals surface area (Å²) in [5, 5.41) is 6.35. The summed E-state index contributed by atoms with van der Waals surface area (Å²) >= 11 is 0. The monoisotopic (exact) mass is 315 g/mol. The molecule has 0 bridgehead atoms. The van der Waals surface area contributed by atoms with E-state index in [9.17, 15) is 9.59 Å². The van der Waals surface area contributed by atoms with Crippen LogP contribution in [0.5, 0.6) is 0 Å². The van der Waals surface area contributed by atoms with Crippen LogP contribution in [0.4, 0.5) is 5.82 Å². The molecule has 0 saturated heterocycles. The first-order chi connectivity index (χ1) is 10.9. The second-order valence-corrected chi connectivity index (χ2v) is 5.55. The minimum absolute atomic E-state index is 0.0596. The van der Waals surface area contributed by atoms with E-state index in [-0.39, 0.29) is 18.2 Å². The number of nitrogens with zero attached hydrogens (tertiary/aromatic N) is 2. The Bertz CT molecular complexity index is 677. The lowest BCUT2D eigenvalue weighted by atomic mass is 10.1. The summed E-state index contributed by atoms with van der Waals surface area (Å²) in [6.07, 6.45) is 0.206. The molecular weight excluding hydrogens is 294 g/mol. The van der Waals surface area contributed by atoms with E-state index >= 15 is 0 Å². The maximum atomic E-state index is 11.9. The summed E-state index contributed by atoms with van der Waals surface area (Å²) < 4.78 is 4.89. The number of hydrogen-bond acceptors (Lipinski definition) is 4. The van der Waals surface area contributed by atoms with Gasteiger partial charge in [-0.15, -0.1) is 0 Å². The molecule has 0 saturated carbocycles. The molecule has 0 aliphatic carbocycles. The van der Waals surface area contributed by atoms with Crippen LogP contribution in [0.2, 0.25) is 0 Å². The van der Waals surface area contributed by atoms with Gasteiger partial charge < -0.3 is 14.7 Å². The van der Waals surface area contributed by atoms with E-state index < -0.39 is 0 Å². The van der Waals surface area contributed by atoms with Crippen LogP contribution in [-0.2, 0) is 16.1 Å². The molecule has 1 N–H and O–H groups in total. The average Bonchev–Trinajstić information content (AvgIpc) is 2.90. The van der Waals surface area contributed by atoms with Crippen molar-refractivity contribution in [1.82, 2.24) is 10.1 Å². The first kappa shape index (κ1) is 16.7. The maximum absolute atomic E-state index is 11.9. The van der Waals surface area contributed by atoms with Gasteiger partial charge in [0.25, 0.3) is 0 Å². The summed E-state index contributed by atoms with van der Waals surface area (Å²) in [6.45, 7) is 6.12. The Kier molecular flexibility index (Phi) is 5.51. The Hall–Kier alpha value is -2.63. The van der Waals surface area contributed by atoms with E-state index in [1.54, 1.807) is 17.9 Å². The van der Waals surface area contributed by atoms with Crippen LogP contribution in [0, 0.1) is 13.8 Å². The molecule has 0 fully saturated rings. The van der Waals surface area contributed by atoms with Gasteiger partial charge in [-0.25, -0.2) is 0 Å². The molecule has 122 valence electrons. The topological polar surface area (TPSA) is 75.4 Å². The Balaban J connectivity index is 1.88. The summed E-state index contributed by atoms with van der Waals surface area (Å²) in [4.78, 5) is 25.3. The van der Waals surface area contributed by atoms with E-state index in [4.69, 9.17) is 4.52 Å². The highest BCUT2D eigenvalue weighted by molar-refractivity contribution is 5.90. The fourth-order valence-electron chi connectivity index (χ4n) is 2.13. The quantitative estimate of drug-likeness (QED) is 0.889.